The van der Waals surface area contributed by atoms with Gasteiger partial charge in [-0.1, -0.05) is 13.0 Å². The molecule has 0 spiro atoms. The van der Waals surface area contributed by atoms with E-state index in [0.717, 1.165) is 38.5 Å². The molecule has 0 bridgehead atoms. The van der Waals surface area contributed by atoms with E-state index in [1.165, 1.54) is 30.2 Å². The summed E-state index contributed by atoms with van der Waals surface area (Å²) < 4.78 is 45.3. The molecule has 9 nitrogen and oxygen atoms in total. The molecule has 2 amide bonds. The van der Waals surface area contributed by atoms with Gasteiger partial charge in [0.05, 0.1) is 25.1 Å². The lowest BCUT2D eigenvalue weighted by atomic mass is 9.55. The second-order valence-corrected chi connectivity index (χ2v) is 14.4. The fourth-order valence-corrected chi connectivity index (χ4v) is 9.10. The Bertz CT molecular complexity index is 1460. The number of aryl methyl sites for hydroxylation is 1. The van der Waals surface area contributed by atoms with Gasteiger partial charge in [-0.3, -0.25) is 14.6 Å². The minimum Gasteiger partial charge on any atom is -0.508 e. The number of fused-ring (bicyclic) bond motifs is 5. The first-order valence-corrected chi connectivity index (χ1v) is 17.6. The first kappa shape index (κ1) is 34.5. The van der Waals surface area contributed by atoms with Gasteiger partial charge in [-0.2, -0.15) is 13.2 Å². The zero-order valence-electron chi connectivity index (χ0n) is 27.7. The average Bonchev–Trinajstić information content (AvgIpc) is 3.40. The molecule has 2 saturated carbocycles. The number of carbonyl (C=O) groups is 2. The second kappa shape index (κ2) is 14.6. The molecule has 6 rings (SSSR count). The molecule has 48 heavy (non-hydrogen) atoms. The molecule has 4 aliphatic rings. The van der Waals surface area contributed by atoms with Gasteiger partial charge in [0.15, 0.2) is 5.69 Å². The van der Waals surface area contributed by atoms with Crippen molar-refractivity contribution in [2.45, 2.75) is 108 Å². The number of aromatic hydroxyl groups is 1. The van der Waals surface area contributed by atoms with E-state index < -0.39 is 11.9 Å². The SMILES string of the molecule is CC12CCC3c4ccc(O)cc4CCC3C1CCC2OCCNC(=O)CCCCC(=O)N1CCCC(Nc2cncc(C(F)(F)F)n2)C1. The first-order valence-electron chi connectivity index (χ1n) is 17.6. The topological polar surface area (TPSA) is 117 Å². The Labute approximate surface area is 280 Å². The van der Waals surface area contributed by atoms with E-state index in [1.807, 2.05) is 12.1 Å². The molecule has 1 aliphatic heterocycles. The molecule has 6 atom stereocenters. The summed E-state index contributed by atoms with van der Waals surface area (Å²) in [6, 6.07) is 5.72. The molecule has 12 heteroatoms. The number of piperidine rings is 1. The van der Waals surface area contributed by atoms with Crippen LogP contribution in [0.5, 0.6) is 5.75 Å². The number of carbonyl (C=O) groups excluding carboxylic acids is 2. The number of anilines is 1. The Morgan fingerprint density at radius 3 is 2.77 bits per heavy atom. The number of hydrogen-bond donors (Lipinski definition) is 3. The van der Waals surface area contributed by atoms with Crippen LogP contribution < -0.4 is 10.6 Å². The molecule has 3 aliphatic carbocycles. The Hall–Kier alpha value is -3.41. The molecule has 6 unspecified atom stereocenters. The lowest BCUT2D eigenvalue weighted by Crippen LogP contribution is -2.45. The highest BCUT2D eigenvalue weighted by Gasteiger charge is 2.55. The molecule has 1 saturated heterocycles. The van der Waals surface area contributed by atoms with E-state index >= 15 is 0 Å². The molecular formula is C36H48F3N5O4. The largest absolute Gasteiger partial charge is 0.508 e. The molecule has 1 aromatic carbocycles. The highest BCUT2D eigenvalue weighted by atomic mass is 19.4. The van der Waals surface area contributed by atoms with Crippen molar-refractivity contribution in [1.82, 2.24) is 20.2 Å². The summed E-state index contributed by atoms with van der Waals surface area (Å²) in [4.78, 5) is 34.3. The summed E-state index contributed by atoms with van der Waals surface area (Å²) in [5, 5.41) is 15.9. The molecule has 262 valence electrons. The number of rotatable bonds is 11. The number of aromatic nitrogens is 2. The number of nitrogens with one attached hydrogen (secondary N) is 2. The van der Waals surface area contributed by atoms with Gasteiger partial charge in [-0.25, -0.2) is 4.98 Å². The van der Waals surface area contributed by atoms with E-state index in [4.69, 9.17) is 4.74 Å². The van der Waals surface area contributed by atoms with Crippen molar-refractivity contribution in [2.75, 3.05) is 31.6 Å². The van der Waals surface area contributed by atoms with Crippen molar-refractivity contribution in [3.05, 3.63) is 47.4 Å². The zero-order chi connectivity index (χ0) is 33.9. The van der Waals surface area contributed by atoms with E-state index in [0.29, 0.717) is 81.6 Å². The monoisotopic (exact) mass is 671 g/mol. The molecule has 2 aromatic rings. The number of halogens is 3. The van der Waals surface area contributed by atoms with E-state index in [1.54, 1.807) is 4.90 Å². The quantitative estimate of drug-likeness (QED) is 0.243. The van der Waals surface area contributed by atoms with Gasteiger partial charge in [-0.05, 0) is 111 Å². The van der Waals surface area contributed by atoms with Gasteiger partial charge >= 0.3 is 6.18 Å². The van der Waals surface area contributed by atoms with Crippen LogP contribution in [0.1, 0.15) is 100 Å². The predicted molar refractivity (Wildman–Crippen MR) is 174 cm³/mol. The predicted octanol–water partition coefficient (Wildman–Crippen LogP) is 6.22. The van der Waals surface area contributed by atoms with Crippen LogP contribution in [-0.2, 0) is 26.9 Å². The van der Waals surface area contributed by atoms with E-state index in [2.05, 4.69) is 33.6 Å². The van der Waals surface area contributed by atoms with Crippen LogP contribution in [0, 0.1) is 17.3 Å². The summed E-state index contributed by atoms with van der Waals surface area (Å²) in [5.41, 5.74) is 1.85. The third kappa shape index (κ3) is 7.74. The van der Waals surface area contributed by atoms with Gasteiger partial charge in [0.25, 0.3) is 0 Å². The normalized spacial score (nSPS) is 28.2. The van der Waals surface area contributed by atoms with Gasteiger partial charge < -0.3 is 25.4 Å². The number of amides is 2. The molecule has 1 aromatic heterocycles. The molecule has 3 N–H and O–H groups in total. The molecule has 3 fully saturated rings. The molecule has 2 heterocycles. The fraction of sp³-hybridized carbons (Fsp3) is 0.667. The third-order valence-corrected chi connectivity index (χ3v) is 11.5. The Balaban J connectivity index is 0.861. The maximum atomic E-state index is 13.0. The standard InChI is InChI=1S/C36H48F3N5O4/c1-35-15-14-27-26-11-9-25(45)19-23(26)8-10-28(27)29(35)12-13-31(35)48-18-16-41-33(46)6-2-3-7-34(47)44-17-4-5-24(22-44)42-32-21-40-20-30(43-32)36(37,38)39/h9,11,19-21,24,27-29,31,45H,2-8,10,12-18,22H2,1H3,(H,41,46)(H,42,43). The Morgan fingerprint density at radius 1 is 1.10 bits per heavy atom. The van der Waals surface area contributed by atoms with Crippen LogP contribution in [-0.4, -0.2) is 70.2 Å². The summed E-state index contributed by atoms with van der Waals surface area (Å²) in [7, 11) is 0. The van der Waals surface area contributed by atoms with Gasteiger partial charge in [0, 0.05) is 38.5 Å². The highest BCUT2D eigenvalue weighted by molar-refractivity contribution is 5.77. The number of phenolic OH excluding ortho intramolecular Hbond substituents is 1. The van der Waals surface area contributed by atoms with Crippen LogP contribution in [0.15, 0.2) is 30.6 Å². The van der Waals surface area contributed by atoms with Crippen LogP contribution in [0.4, 0.5) is 19.0 Å². The van der Waals surface area contributed by atoms with Gasteiger partial charge in [0.2, 0.25) is 11.8 Å². The minimum atomic E-state index is -4.57. The number of benzene rings is 1. The lowest BCUT2D eigenvalue weighted by molar-refractivity contribution is -0.141. The third-order valence-electron chi connectivity index (χ3n) is 11.5. The van der Waals surface area contributed by atoms with Crippen molar-refractivity contribution >= 4 is 17.6 Å². The molecule has 0 radical (unpaired) electrons. The number of likely N-dealkylation sites (tertiary alicyclic amines) is 1. The summed E-state index contributed by atoms with van der Waals surface area (Å²) >= 11 is 0. The number of hydrogen-bond acceptors (Lipinski definition) is 7. The lowest BCUT2D eigenvalue weighted by Gasteiger charge is -2.50. The smallest absolute Gasteiger partial charge is 0.434 e. The number of ether oxygens (including phenoxy) is 1. The van der Waals surface area contributed by atoms with Gasteiger partial charge in [0.1, 0.15) is 11.6 Å². The summed E-state index contributed by atoms with van der Waals surface area (Å²) in [5.74, 6) is 2.22. The Kier molecular flexibility index (Phi) is 10.5. The summed E-state index contributed by atoms with van der Waals surface area (Å²) in [6.07, 6.45) is 7.62. The van der Waals surface area contributed by atoms with Crippen LogP contribution in [0.3, 0.4) is 0 Å². The maximum Gasteiger partial charge on any atom is 0.434 e. The average molecular weight is 672 g/mol. The van der Waals surface area contributed by atoms with Gasteiger partial charge in [-0.15, -0.1) is 0 Å². The van der Waals surface area contributed by atoms with Crippen molar-refractivity contribution in [3.8, 4) is 5.75 Å². The number of phenols is 1. The van der Waals surface area contributed by atoms with Crippen molar-refractivity contribution in [1.29, 1.82) is 0 Å². The van der Waals surface area contributed by atoms with Crippen molar-refractivity contribution in [2.24, 2.45) is 17.3 Å². The van der Waals surface area contributed by atoms with Crippen LogP contribution in [0.25, 0.3) is 0 Å². The summed E-state index contributed by atoms with van der Waals surface area (Å²) in [6.45, 7) is 4.36. The van der Waals surface area contributed by atoms with E-state index in [-0.39, 0.29) is 35.2 Å². The zero-order valence-corrected chi connectivity index (χ0v) is 27.7. The number of unbranched alkanes of at least 4 members (excludes halogenated alkanes) is 1. The highest BCUT2D eigenvalue weighted by Crippen LogP contribution is 2.61. The van der Waals surface area contributed by atoms with E-state index in [9.17, 15) is 27.9 Å². The van der Waals surface area contributed by atoms with Crippen molar-refractivity contribution < 1.29 is 32.6 Å². The van der Waals surface area contributed by atoms with Crippen molar-refractivity contribution in [3.63, 3.8) is 0 Å². The number of nitrogens with zero attached hydrogens (tertiary/aromatic N) is 3. The first-order chi connectivity index (χ1) is 23.0. The minimum absolute atomic E-state index is 0.0143. The second-order valence-electron chi connectivity index (χ2n) is 14.4. The Morgan fingerprint density at radius 2 is 1.94 bits per heavy atom. The van der Waals surface area contributed by atoms with Crippen LogP contribution in [0.2, 0.25) is 0 Å². The number of alkyl halides is 3. The fourth-order valence-electron chi connectivity index (χ4n) is 9.10. The molecular weight excluding hydrogens is 623 g/mol. The maximum absolute atomic E-state index is 13.0. The van der Waals surface area contributed by atoms with Crippen LogP contribution >= 0.6 is 0 Å².